The molecule has 116 valence electrons. The van der Waals surface area contributed by atoms with Crippen molar-refractivity contribution in [1.29, 1.82) is 0 Å². The van der Waals surface area contributed by atoms with Crippen LogP contribution in [-0.2, 0) is 6.42 Å². The van der Waals surface area contributed by atoms with Crippen LogP contribution in [0.3, 0.4) is 0 Å². The Bertz CT molecular complexity index is 905. The van der Waals surface area contributed by atoms with Gasteiger partial charge < -0.3 is 4.74 Å². The lowest BCUT2D eigenvalue weighted by atomic mass is 10.1. The molecule has 4 rings (SSSR count). The molecule has 1 aliphatic heterocycles. The SMILES string of the molecule is Clc1ccc(-n2ncc3c2-c2ccc(Cl)cc2OCC3)c(Cl)c1. The van der Waals surface area contributed by atoms with E-state index in [0.29, 0.717) is 21.7 Å². The third-order valence-electron chi connectivity index (χ3n) is 3.81. The fourth-order valence-corrected chi connectivity index (χ4v) is 3.42. The molecule has 0 spiro atoms. The van der Waals surface area contributed by atoms with Crippen LogP contribution in [0, 0.1) is 0 Å². The number of benzene rings is 2. The minimum absolute atomic E-state index is 0.545. The van der Waals surface area contributed by atoms with Crippen LogP contribution in [0.4, 0.5) is 0 Å². The fraction of sp³-hybridized carbons (Fsp3) is 0.118. The Morgan fingerprint density at radius 3 is 2.61 bits per heavy atom. The van der Waals surface area contributed by atoms with Gasteiger partial charge >= 0.3 is 0 Å². The maximum atomic E-state index is 6.36. The predicted octanol–water partition coefficient (Wildman–Crippen LogP) is 5.43. The zero-order valence-corrected chi connectivity index (χ0v) is 14.2. The van der Waals surface area contributed by atoms with E-state index in [4.69, 9.17) is 39.5 Å². The first kappa shape index (κ1) is 14.9. The third-order valence-corrected chi connectivity index (χ3v) is 4.58. The van der Waals surface area contributed by atoms with Gasteiger partial charge in [-0.3, -0.25) is 0 Å². The molecular weight excluding hydrogens is 355 g/mol. The van der Waals surface area contributed by atoms with E-state index in [9.17, 15) is 0 Å². The van der Waals surface area contributed by atoms with Gasteiger partial charge in [-0.15, -0.1) is 0 Å². The molecule has 0 radical (unpaired) electrons. The minimum Gasteiger partial charge on any atom is -0.492 e. The summed E-state index contributed by atoms with van der Waals surface area (Å²) in [4.78, 5) is 0. The number of halogens is 3. The summed E-state index contributed by atoms with van der Waals surface area (Å²) in [6.45, 7) is 0.584. The molecule has 0 fully saturated rings. The molecule has 0 atom stereocenters. The average Bonchev–Trinajstić information content (AvgIpc) is 2.83. The molecular formula is C17H11Cl3N2O. The van der Waals surface area contributed by atoms with Crippen molar-refractivity contribution >= 4 is 34.8 Å². The number of fused-ring (bicyclic) bond motifs is 3. The topological polar surface area (TPSA) is 27.1 Å². The van der Waals surface area contributed by atoms with Crippen LogP contribution in [-0.4, -0.2) is 16.4 Å². The quantitative estimate of drug-likeness (QED) is 0.574. The molecule has 0 unspecified atom stereocenters. The van der Waals surface area contributed by atoms with Crippen LogP contribution in [0.15, 0.2) is 42.6 Å². The van der Waals surface area contributed by atoms with E-state index in [-0.39, 0.29) is 0 Å². The van der Waals surface area contributed by atoms with Crippen molar-refractivity contribution in [2.24, 2.45) is 0 Å². The van der Waals surface area contributed by atoms with E-state index in [2.05, 4.69) is 5.10 Å². The highest BCUT2D eigenvalue weighted by Gasteiger charge is 2.22. The second-order valence-electron chi connectivity index (χ2n) is 5.26. The standard InChI is InChI=1S/C17H11Cl3N2O/c18-11-2-4-15(14(20)7-11)22-17-10(9-21-22)5-6-23-16-8-12(19)1-3-13(16)17/h1-4,7-9H,5-6H2. The van der Waals surface area contributed by atoms with Crippen LogP contribution in [0.25, 0.3) is 16.9 Å². The minimum atomic E-state index is 0.545. The van der Waals surface area contributed by atoms with E-state index in [0.717, 1.165) is 34.7 Å². The Morgan fingerprint density at radius 2 is 1.78 bits per heavy atom. The lowest BCUT2D eigenvalue weighted by Crippen LogP contribution is -2.01. The summed E-state index contributed by atoms with van der Waals surface area (Å²) in [5, 5.41) is 6.30. The summed E-state index contributed by atoms with van der Waals surface area (Å²) in [5.74, 6) is 0.753. The lowest BCUT2D eigenvalue weighted by Gasteiger charge is -2.12. The Morgan fingerprint density at radius 1 is 1.00 bits per heavy atom. The zero-order valence-electron chi connectivity index (χ0n) is 11.9. The highest BCUT2D eigenvalue weighted by Crippen LogP contribution is 2.39. The van der Waals surface area contributed by atoms with Gasteiger partial charge in [0.25, 0.3) is 0 Å². The van der Waals surface area contributed by atoms with E-state index in [1.165, 1.54) is 0 Å². The van der Waals surface area contributed by atoms with Crippen molar-refractivity contribution < 1.29 is 4.74 Å². The largest absolute Gasteiger partial charge is 0.492 e. The van der Waals surface area contributed by atoms with Gasteiger partial charge in [0.2, 0.25) is 0 Å². The molecule has 2 aromatic carbocycles. The van der Waals surface area contributed by atoms with Crippen LogP contribution >= 0.6 is 34.8 Å². The molecule has 0 bridgehead atoms. The third kappa shape index (κ3) is 2.59. The van der Waals surface area contributed by atoms with Gasteiger partial charge in [0.15, 0.2) is 0 Å². The van der Waals surface area contributed by atoms with E-state index < -0.39 is 0 Å². The number of nitrogens with zero attached hydrogens (tertiary/aromatic N) is 2. The number of hydrogen-bond donors (Lipinski definition) is 0. The van der Waals surface area contributed by atoms with Crippen LogP contribution in [0.1, 0.15) is 5.56 Å². The van der Waals surface area contributed by atoms with Crippen LogP contribution in [0.2, 0.25) is 15.1 Å². The van der Waals surface area contributed by atoms with Gasteiger partial charge in [-0.25, -0.2) is 4.68 Å². The Labute approximate surface area is 148 Å². The molecule has 0 saturated heterocycles. The van der Waals surface area contributed by atoms with E-state index >= 15 is 0 Å². The summed E-state index contributed by atoms with van der Waals surface area (Å²) in [6, 6.07) is 11.0. The summed E-state index contributed by atoms with van der Waals surface area (Å²) >= 11 is 18.4. The zero-order chi connectivity index (χ0) is 16.0. The number of hydrogen-bond acceptors (Lipinski definition) is 2. The van der Waals surface area contributed by atoms with Gasteiger partial charge in [-0.2, -0.15) is 5.10 Å². The molecule has 0 amide bonds. The van der Waals surface area contributed by atoms with Crippen molar-refractivity contribution in [3.05, 3.63) is 63.2 Å². The second-order valence-corrected chi connectivity index (χ2v) is 6.54. The van der Waals surface area contributed by atoms with Gasteiger partial charge in [0.1, 0.15) is 5.75 Å². The highest BCUT2D eigenvalue weighted by atomic mass is 35.5. The highest BCUT2D eigenvalue weighted by molar-refractivity contribution is 6.35. The van der Waals surface area contributed by atoms with Crippen molar-refractivity contribution in [3.8, 4) is 22.7 Å². The molecule has 1 aromatic heterocycles. The molecule has 23 heavy (non-hydrogen) atoms. The maximum Gasteiger partial charge on any atom is 0.130 e. The van der Waals surface area contributed by atoms with Crippen molar-refractivity contribution in [3.63, 3.8) is 0 Å². The first-order valence-corrected chi connectivity index (χ1v) is 8.22. The van der Waals surface area contributed by atoms with Crippen molar-refractivity contribution in [1.82, 2.24) is 9.78 Å². The fourth-order valence-electron chi connectivity index (χ4n) is 2.77. The summed E-state index contributed by atoms with van der Waals surface area (Å²) in [6.07, 6.45) is 2.63. The van der Waals surface area contributed by atoms with Gasteiger partial charge in [-0.1, -0.05) is 34.8 Å². The van der Waals surface area contributed by atoms with E-state index in [1.54, 1.807) is 12.1 Å². The van der Waals surface area contributed by atoms with Gasteiger partial charge in [-0.05, 0) is 36.4 Å². The molecule has 0 saturated carbocycles. The van der Waals surface area contributed by atoms with Gasteiger partial charge in [0, 0.05) is 27.6 Å². The summed E-state index contributed by atoms with van der Waals surface area (Å²) in [5.41, 5.74) is 3.81. The number of ether oxygens (including phenoxy) is 1. The Hall–Kier alpha value is -1.68. The predicted molar refractivity (Wildman–Crippen MR) is 93.2 cm³/mol. The molecule has 0 N–H and O–H groups in total. The first-order valence-electron chi connectivity index (χ1n) is 7.08. The first-order chi connectivity index (χ1) is 11.1. The second kappa shape index (κ2) is 5.75. The lowest BCUT2D eigenvalue weighted by molar-refractivity contribution is 0.326. The van der Waals surface area contributed by atoms with Crippen molar-refractivity contribution in [2.45, 2.75) is 6.42 Å². The monoisotopic (exact) mass is 364 g/mol. The number of rotatable bonds is 1. The summed E-state index contributed by atoms with van der Waals surface area (Å²) < 4.78 is 7.66. The van der Waals surface area contributed by atoms with Crippen LogP contribution in [0.5, 0.6) is 5.75 Å². The summed E-state index contributed by atoms with van der Waals surface area (Å²) in [7, 11) is 0. The number of aromatic nitrogens is 2. The molecule has 0 aliphatic carbocycles. The van der Waals surface area contributed by atoms with Crippen molar-refractivity contribution in [2.75, 3.05) is 6.61 Å². The average molecular weight is 366 g/mol. The molecule has 2 heterocycles. The smallest absolute Gasteiger partial charge is 0.130 e. The van der Waals surface area contributed by atoms with Gasteiger partial charge in [0.05, 0.1) is 29.2 Å². The molecule has 3 nitrogen and oxygen atoms in total. The molecule has 3 aromatic rings. The Balaban J connectivity index is 1.97. The van der Waals surface area contributed by atoms with E-state index in [1.807, 2.05) is 35.1 Å². The maximum absolute atomic E-state index is 6.36. The molecule has 1 aliphatic rings. The van der Waals surface area contributed by atoms with Crippen LogP contribution < -0.4 is 4.74 Å². The Kier molecular flexibility index (Phi) is 3.72. The molecule has 6 heteroatoms. The normalized spacial score (nSPS) is 13.0.